The maximum absolute atomic E-state index is 13.8. The van der Waals surface area contributed by atoms with Crippen LogP contribution in [0.25, 0.3) is 0 Å². The first-order chi connectivity index (χ1) is 11.9. The van der Waals surface area contributed by atoms with Gasteiger partial charge in [-0.25, -0.2) is 4.39 Å². The Hall–Kier alpha value is -1.10. The van der Waals surface area contributed by atoms with Crippen molar-refractivity contribution in [3.63, 3.8) is 0 Å². The highest BCUT2D eigenvalue weighted by atomic mass is 19.1. The van der Waals surface area contributed by atoms with E-state index >= 15 is 0 Å². The number of hydrogen-bond donors (Lipinski definition) is 1. The van der Waals surface area contributed by atoms with E-state index in [0.717, 1.165) is 25.7 Å². The number of rotatable bonds is 13. The summed E-state index contributed by atoms with van der Waals surface area (Å²) in [6, 6.07) is 0. The zero-order chi connectivity index (χ0) is 18.8. The van der Waals surface area contributed by atoms with Gasteiger partial charge in [-0.1, -0.05) is 39.5 Å². The van der Waals surface area contributed by atoms with E-state index in [4.69, 9.17) is 0 Å². The van der Waals surface area contributed by atoms with Crippen LogP contribution in [0.5, 0.6) is 0 Å². The molecule has 0 aliphatic heterocycles. The predicted molar refractivity (Wildman–Crippen MR) is 95.0 cm³/mol. The molecule has 5 heteroatoms. The summed E-state index contributed by atoms with van der Waals surface area (Å²) in [4.78, 5) is 36.1. The maximum atomic E-state index is 13.8. The first kappa shape index (κ1) is 21.9. The molecule has 0 spiro atoms. The molecule has 1 aliphatic rings. The van der Waals surface area contributed by atoms with E-state index in [1.165, 1.54) is 0 Å². The Morgan fingerprint density at radius 2 is 1.84 bits per heavy atom. The van der Waals surface area contributed by atoms with Gasteiger partial charge in [-0.15, -0.1) is 0 Å². The van der Waals surface area contributed by atoms with E-state index in [0.29, 0.717) is 12.8 Å². The second kappa shape index (κ2) is 11.5. The Morgan fingerprint density at radius 1 is 1.16 bits per heavy atom. The Balaban J connectivity index is 2.52. The fourth-order valence-electron chi connectivity index (χ4n) is 3.60. The van der Waals surface area contributed by atoms with E-state index in [9.17, 15) is 23.9 Å². The van der Waals surface area contributed by atoms with Crippen molar-refractivity contribution >= 4 is 17.3 Å². The highest BCUT2D eigenvalue weighted by Gasteiger charge is 2.42. The van der Waals surface area contributed by atoms with Crippen LogP contribution in [-0.2, 0) is 14.4 Å². The van der Waals surface area contributed by atoms with E-state index in [1.807, 2.05) is 6.92 Å². The molecule has 1 N–H and O–H groups in total. The molecule has 0 radical (unpaired) electrons. The number of ketones is 3. The third-order valence-corrected chi connectivity index (χ3v) is 5.23. The van der Waals surface area contributed by atoms with Crippen LogP contribution in [0, 0.1) is 11.8 Å². The third-order valence-electron chi connectivity index (χ3n) is 5.23. The van der Waals surface area contributed by atoms with Gasteiger partial charge in [0.1, 0.15) is 11.6 Å². The molecule has 1 saturated carbocycles. The summed E-state index contributed by atoms with van der Waals surface area (Å²) in [6.45, 7) is 4.01. The number of aliphatic hydroxyl groups is 1. The van der Waals surface area contributed by atoms with Gasteiger partial charge in [-0.3, -0.25) is 14.4 Å². The number of unbranched alkanes of at least 4 members (excludes halogenated alkanes) is 3. The molecule has 0 bridgehead atoms. The van der Waals surface area contributed by atoms with Gasteiger partial charge in [0, 0.05) is 31.6 Å². The Bertz CT molecular complexity index is 449. The standard InChI is InChI=1S/C20H33FO4/c1-3-5-7-8-14(22)12-16-15(19(24)13-20(16)25)10-11-18(23)17(21)9-6-4-2/h15-17,19,24H,3-13H2,1-2H3/t15-,16?,17?,19?/m1/s1. The van der Waals surface area contributed by atoms with Gasteiger partial charge in [0.25, 0.3) is 0 Å². The number of hydrogen-bond acceptors (Lipinski definition) is 4. The minimum absolute atomic E-state index is 0.0282. The van der Waals surface area contributed by atoms with Crippen LogP contribution in [0.4, 0.5) is 4.39 Å². The molecule has 4 nitrogen and oxygen atoms in total. The van der Waals surface area contributed by atoms with Crippen molar-refractivity contribution in [2.45, 2.75) is 96.8 Å². The molecular formula is C20H33FO4. The van der Waals surface area contributed by atoms with Crippen LogP contribution in [0.2, 0.25) is 0 Å². The summed E-state index contributed by atoms with van der Waals surface area (Å²) in [5.74, 6) is -1.41. The predicted octanol–water partition coefficient (Wildman–Crippen LogP) is 3.97. The average molecular weight is 356 g/mol. The fraction of sp³-hybridized carbons (Fsp3) is 0.850. The smallest absolute Gasteiger partial charge is 0.166 e. The Kier molecular flexibility index (Phi) is 10.1. The maximum Gasteiger partial charge on any atom is 0.166 e. The van der Waals surface area contributed by atoms with Crippen LogP contribution in [0.15, 0.2) is 0 Å². The topological polar surface area (TPSA) is 71.4 Å². The summed E-state index contributed by atoms with van der Waals surface area (Å²) in [6.07, 6.45) is 3.28. The lowest BCUT2D eigenvalue weighted by Crippen LogP contribution is -2.25. The molecule has 25 heavy (non-hydrogen) atoms. The van der Waals surface area contributed by atoms with Gasteiger partial charge in [0.15, 0.2) is 12.0 Å². The first-order valence-corrected chi connectivity index (χ1v) is 9.79. The van der Waals surface area contributed by atoms with Crippen molar-refractivity contribution < 1.29 is 23.9 Å². The molecule has 1 fully saturated rings. The van der Waals surface area contributed by atoms with Crippen molar-refractivity contribution in [3.05, 3.63) is 0 Å². The second-order valence-corrected chi connectivity index (χ2v) is 7.32. The third kappa shape index (κ3) is 7.35. The van der Waals surface area contributed by atoms with Gasteiger partial charge >= 0.3 is 0 Å². The zero-order valence-corrected chi connectivity index (χ0v) is 15.6. The van der Waals surface area contributed by atoms with Gasteiger partial charge in [-0.2, -0.15) is 0 Å². The van der Waals surface area contributed by atoms with Crippen molar-refractivity contribution in [2.24, 2.45) is 11.8 Å². The van der Waals surface area contributed by atoms with E-state index in [-0.39, 0.29) is 43.7 Å². The highest BCUT2D eigenvalue weighted by molar-refractivity contribution is 5.90. The van der Waals surface area contributed by atoms with Gasteiger partial charge in [0.2, 0.25) is 0 Å². The summed E-state index contributed by atoms with van der Waals surface area (Å²) in [5.41, 5.74) is 0. The number of carbonyl (C=O) groups is 3. The van der Waals surface area contributed by atoms with Crippen LogP contribution in [0.1, 0.15) is 84.5 Å². The average Bonchev–Trinajstić information content (AvgIpc) is 2.83. The molecular weight excluding hydrogens is 323 g/mol. The van der Waals surface area contributed by atoms with Crippen LogP contribution in [-0.4, -0.2) is 34.7 Å². The normalized spacial score (nSPS) is 24.5. The number of aliphatic hydroxyl groups excluding tert-OH is 1. The largest absolute Gasteiger partial charge is 0.392 e. The Morgan fingerprint density at radius 3 is 2.48 bits per heavy atom. The van der Waals surface area contributed by atoms with Crippen molar-refractivity contribution in [3.8, 4) is 0 Å². The van der Waals surface area contributed by atoms with E-state index in [2.05, 4.69) is 6.92 Å². The van der Waals surface area contributed by atoms with Crippen molar-refractivity contribution in [1.29, 1.82) is 0 Å². The molecule has 4 atom stereocenters. The van der Waals surface area contributed by atoms with Gasteiger partial charge < -0.3 is 5.11 Å². The minimum Gasteiger partial charge on any atom is -0.392 e. The quantitative estimate of drug-likeness (QED) is 0.507. The molecule has 0 aromatic rings. The van der Waals surface area contributed by atoms with E-state index in [1.54, 1.807) is 0 Å². The minimum atomic E-state index is -1.46. The highest BCUT2D eigenvalue weighted by Crippen LogP contribution is 2.36. The summed E-state index contributed by atoms with van der Waals surface area (Å²) in [5, 5.41) is 10.1. The lowest BCUT2D eigenvalue weighted by atomic mass is 9.84. The summed E-state index contributed by atoms with van der Waals surface area (Å²) >= 11 is 0. The fourth-order valence-corrected chi connectivity index (χ4v) is 3.60. The SMILES string of the molecule is CCCCCC(=O)CC1C(=O)CC(O)[C@@H]1CCC(=O)C(F)CCCC. The monoisotopic (exact) mass is 356 g/mol. The molecule has 1 aliphatic carbocycles. The van der Waals surface area contributed by atoms with Crippen LogP contribution < -0.4 is 0 Å². The molecule has 0 saturated heterocycles. The van der Waals surface area contributed by atoms with Gasteiger partial charge in [-0.05, 0) is 25.2 Å². The second-order valence-electron chi connectivity index (χ2n) is 7.32. The summed E-state index contributed by atoms with van der Waals surface area (Å²) in [7, 11) is 0. The van der Waals surface area contributed by atoms with Crippen molar-refractivity contribution in [2.75, 3.05) is 0 Å². The van der Waals surface area contributed by atoms with Crippen LogP contribution >= 0.6 is 0 Å². The lowest BCUT2D eigenvalue weighted by Gasteiger charge is -2.20. The number of carbonyl (C=O) groups excluding carboxylic acids is 3. The molecule has 1 rings (SSSR count). The number of Topliss-reactive ketones (excluding diaryl/α,β-unsaturated/α-hetero) is 3. The molecule has 3 unspecified atom stereocenters. The van der Waals surface area contributed by atoms with Gasteiger partial charge in [0.05, 0.1) is 6.10 Å². The Labute approximate surface area is 150 Å². The molecule has 144 valence electrons. The first-order valence-electron chi connectivity index (χ1n) is 9.79. The summed E-state index contributed by atoms with van der Waals surface area (Å²) < 4.78 is 13.8. The van der Waals surface area contributed by atoms with E-state index < -0.39 is 29.9 Å². The molecule has 0 heterocycles. The van der Waals surface area contributed by atoms with Crippen molar-refractivity contribution in [1.82, 2.24) is 0 Å². The number of halogens is 1. The number of alkyl halides is 1. The zero-order valence-electron chi connectivity index (χ0n) is 15.6. The van der Waals surface area contributed by atoms with Crippen LogP contribution in [0.3, 0.4) is 0 Å². The lowest BCUT2D eigenvalue weighted by molar-refractivity contribution is -0.127. The molecule has 0 aromatic carbocycles. The molecule has 0 amide bonds. The molecule has 0 aromatic heterocycles.